The van der Waals surface area contributed by atoms with Gasteiger partial charge in [0.25, 0.3) is 5.91 Å². The molecule has 1 aliphatic heterocycles. The summed E-state index contributed by atoms with van der Waals surface area (Å²) >= 11 is 0. The van der Waals surface area contributed by atoms with Gasteiger partial charge in [-0.05, 0) is 42.9 Å². The molecule has 0 atom stereocenters. The highest BCUT2D eigenvalue weighted by atomic mass is 16.4. The van der Waals surface area contributed by atoms with Crippen molar-refractivity contribution < 1.29 is 14.7 Å². The first-order valence-electron chi connectivity index (χ1n) is 7.70. The molecule has 0 radical (unpaired) electrons. The third-order valence-electron chi connectivity index (χ3n) is 4.10. The number of aliphatic carboxylic acids is 1. The van der Waals surface area contributed by atoms with Gasteiger partial charge in [0.1, 0.15) is 0 Å². The van der Waals surface area contributed by atoms with Crippen molar-refractivity contribution >= 4 is 11.9 Å². The van der Waals surface area contributed by atoms with E-state index in [1.165, 1.54) is 5.56 Å². The minimum atomic E-state index is -0.744. The predicted octanol–water partition coefficient (Wildman–Crippen LogP) is 2.97. The number of nitrogens with zero attached hydrogens (tertiary/aromatic N) is 1. The van der Waals surface area contributed by atoms with E-state index < -0.39 is 5.97 Å². The molecular formula is C17H23NO3. The molecule has 0 aliphatic carbocycles. The Bertz CT molecular complexity index is 487. The molecule has 21 heavy (non-hydrogen) atoms. The highest BCUT2D eigenvalue weighted by Crippen LogP contribution is 2.22. The normalized spacial score (nSPS) is 16.0. The molecule has 1 saturated heterocycles. The highest BCUT2D eigenvalue weighted by molar-refractivity contribution is 5.94. The highest BCUT2D eigenvalue weighted by Gasteiger charge is 2.24. The molecule has 4 heteroatoms. The molecule has 2 rings (SSSR count). The van der Waals surface area contributed by atoms with Crippen LogP contribution >= 0.6 is 0 Å². The van der Waals surface area contributed by atoms with E-state index in [9.17, 15) is 9.59 Å². The zero-order chi connectivity index (χ0) is 15.2. The molecule has 0 bridgehead atoms. The first-order valence-corrected chi connectivity index (χ1v) is 7.70. The minimum Gasteiger partial charge on any atom is -0.481 e. The van der Waals surface area contributed by atoms with Crippen molar-refractivity contribution in [3.05, 3.63) is 35.4 Å². The van der Waals surface area contributed by atoms with Gasteiger partial charge < -0.3 is 10.0 Å². The van der Waals surface area contributed by atoms with Gasteiger partial charge in [0.15, 0.2) is 0 Å². The fraction of sp³-hybridized carbons (Fsp3) is 0.529. The Balaban J connectivity index is 1.90. The molecular weight excluding hydrogens is 266 g/mol. The summed E-state index contributed by atoms with van der Waals surface area (Å²) in [5.74, 6) is -0.475. The van der Waals surface area contributed by atoms with Crippen LogP contribution in [0.3, 0.4) is 0 Å². The van der Waals surface area contributed by atoms with E-state index in [4.69, 9.17) is 5.11 Å². The molecule has 1 amide bonds. The van der Waals surface area contributed by atoms with Gasteiger partial charge >= 0.3 is 5.97 Å². The molecule has 1 N–H and O–H groups in total. The number of rotatable bonds is 5. The lowest BCUT2D eigenvalue weighted by Crippen LogP contribution is -2.38. The summed E-state index contributed by atoms with van der Waals surface area (Å²) in [5.41, 5.74) is 1.99. The van der Waals surface area contributed by atoms with Crippen molar-refractivity contribution in [3.63, 3.8) is 0 Å². The average molecular weight is 289 g/mol. The van der Waals surface area contributed by atoms with Crippen LogP contribution in [0.2, 0.25) is 0 Å². The zero-order valence-corrected chi connectivity index (χ0v) is 12.5. The van der Waals surface area contributed by atoms with Crippen molar-refractivity contribution in [3.8, 4) is 0 Å². The molecule has 1 aromatic rings. The van der Waals surface area contributed by atoms with Crippen LogP contribution in [0.4, 0.5) is 0 Å². The number of carboxylic acid groups (broad SMARTS) is 1. The van der Waals surface area contributed by atoms with Crippen LogP contribution in [-0.4, -0.2) is 35.0 Å². The average Bonchev–Trinajstić information content (AvgIpc) is 2.48. The summed E-state index contributed by atoms with van der Waals surface area (Å²) in [7, 11) is 0. The van der Waals surface area contributed by atoms with Crippen molar-refractivity contribution in [2.75, 3.05) is 13.1 Å². The number of amides is 1. The Labute approximate surface area is 125 Å². The number of carbonyl (C=O) groups is 2. The van der Waals surface area contributed by atoms with Crippen molar-refractivity contribution in [1.82, 2.24) is 4.90 Å². The number of aryl methyl sites for hydroxylation is 1. The number of hydrogen-bond acceptors (Lipinski definition) is 2. The number of benzene rings is 1. The third kappa shape index (κ3) is 4.31. The SMILES string of the molecule is CCCc1ccc(C(=O)N2CCC(CC(=O)O)CC2)cc1. The summed E-state index contributed by atoms with van der Waals surface area (Å²) in [6.07, 6.45) is 3.92. The maximum absolute atomic E-state index is 12.4. The smallest absolute Gasteiger partial charge is 0.303 e. The lowest BCUT2D eigenvalue weighted by molar-refractivity contribution is -0.138. The molecule has 0 aromatic heterocycles. The Morgan fingerprint density at radius 1 is 1.19 bits per heavy atom. The first-order chi connectivity index (χ1) is 10.1. The summed E-state index contributed by atoms with van der Waals surface area (Å²) in [4.78, 5) is 25.0. The fourth-order valence-corrected chi connectivity index (χ4v) is 2.87. The van der Waals surface area contributed by atoms with Crippen molar-refractivity contribution in [2.45, 2.75) is 39.0 Å². The van der Waals surface area contributed by atoms with E-state index in [0.29, 0.717) is 13.1 Å². The van der Waals surface area contributed by atoms with E-state index >= 15 is 0 Å². The van der Waals surface area contributed by atoms with Crippen molar-refractivity contribution in [2.24, 2.45) is 5.92 Å². The predicted molar refractivity (Wildman–Crippen MR) is 81.3 cm³/mol. The zero-order valence-electron chi connectivity index (χ0n) is 12.5. The van der Waals surface area contributed by atoms with Gasteiger partial charge in [-0.3, -0.25) is 9.59 Å². The van der Waals surface area contributed by atoms with Crippen LogP contribution in [0.15, 0.2) is 24.3 Å². The summed E-state index contributed by atoms with van der Waals surface area (Å²) < 4.78 is 0. The number of hydrogen-bond donors (Lipinski definition) is 1. The van der Waals surface area contributed by atoms with E-state index in [0.717, 1.165) is 31.2 Å². The number of carbonyl (C=O) groups excluding carboxylic acids is 1. The van der Waals surface area contributed by atoms with Crippen LogP contribution < -0.4 is 0 Å². The van der Waals surface area contributed by atoms with Gasteiger partial charge in [-0.2, -0.15) is 0 Å². The monoisotopic (exact) mass is 289 g/mol. The standard InChI is InChI=1S/C17H23NO3/c1-2-3-13-4-6-15(7-5-13)17(21)18-10-8-14(9-11-18)12-16(19)20/h4-7,14H,2-3,8-12H2,1H3,(H,19,20). The molecule has 1 fully saturated rings. The van der Waals surface area contributed by atoms with Gasteiger partial charge in [0, 0.05) is 25.1 Å². The maximum atomic E-state index is 12.4. The molecule has 1 aromatic carbocycles. The second-order valence-electron chi connectivity index (χ2n) is 5.78. The quantitative estimate of drug-likeness (QED) is 0.906. The summed E-state index contributed by atoms with van der Waals surface area (Å²) in [5, 5.41) is 8.81. The van der Waals surface area contributed by atoms with E-state index in [2.05, 4.69) is 6.92 Å². The fourth-order valence-electron chi connectivity index (χ4n) is 2.87. The van der Waals surface area contributed by atoms with Gasteiger partial charge in [0.05, 0.1) is 0 Å². The lowest BCUT2D eigenvalue weighted by Gasteiger charge is -2.31. The Kier molecular flexibility index (Phi) is 5.37. The van der Waals surface area contributed by atoms with Gasteiger partial charge in [-0.15, -0.1) is 0 Å². The van der Waals surface area contributed by atoms with Gasteiger partial charge in [-0.25, -0.2) is 0 Å². The molecule has 114 valence electrons. The molecule has 0 unspecified atom stereocenters. The minimum absolute atomic E-state index is 0.0619. The second-order valence-corrected chi connectivity index (χ2v) is 5.78. The van der Waals surface area contributed by atoms with Gasteiger partial charge in [-0.1, -0.05) is 25.5 Å². The second kappa shape index (κ2) is 7.25. The molecule has 4 nitrogen and oxygen atoms in total. The largest absolute Gasteiger partial charge is 0.481 e. The maximum Gasteiger partial charge on any atom is 0.303 e. The van der Waals surface area contributed by atoms with E-state index in [1.807, 2.05) is 29.2 Å². The van der Waals surface area contributed by atoms with Crippen LogP contribution in [0.5, 0.6) is 0 Å². The number of carboxylic acids is 1. The van der Waals surface area contributed by atoms with Crippen LogP contribution in [0, 0.1) is 5.92 Å². The summed E-state index contributed by atoms with van der Waals surface area (Å²) in [6, 6.07) is 7.84. The Morgan fingerprint density at radius 2 is 1.81 bits per heavy atom. The number of piperidine rings is 1. The van der Waals surface area contributed by atoms with Crippen LogP contribution in [-0.2, 0) is 11.2 Å². The summed E-state index contributed by atoms with van der Waals surface area (Å²) in [6.45, 7) is 3.46. The molecule has 1 aliphatic rings. The number of likely N-dealkylation sites (tertiary alicyclic amines) is 1. The van der Waals surface area contributed by atoms with Crippen LogP contribution in [0.25, 0.3) is 0 Å². The van der Waals surface area contributed by atoms with E-state index in [1.54, 1.807) is 0 Å². The van der Waals surface area contributed by atoms with Crippen molar-refractivity contribution in [1.29, 1.82) is 0 Å². The van der Waals surface area contributed by atoms with Gasteiger partial charge in [0.2, 0.25) is 0 Å². The van der Waals surface area contributed by atoms with E-state index in [-0.39, 0.29) is 18.2 Å². The first kappa shape index (κ1) is 15.5. The Hall–Kier alpha value is -1.84. The lowest BCUT2D eigenvalue weighted by atomic mass is 9.93. The molecule has 0 saturated carbocycles. The third-order valence-corrected chi connectivity index (χ3v) is 4.10. The molecule has 0 spiro atoms. The topological polar surface area (TPSA) is 57.6 Å². The Morgan fingerprint density at radius 3 is 2.33 bits per heavy atom. The molecule has 1 heterocycles. The van der Waals surface area contributed by atoms with Crippen LogP contribution in [0.1, 0.15) is 48.5 Å².